The molecule has 19 heavy (non-hydrogen) atoms. The molecule has 0 fully saturated rings. The van der Waals surface area contributed by atoms with Crippen molar-refractivity contribution >= 4 is 11.8 Å². The summed E-state index contributed by atoms with van der Waals surface area (Å²) >= 11 is 0. The van der Waals surface area contributed by atoms with Gasteiger partial charge in [-0.15, -0.1) is 0 Å². The SMILES string of the molecule is CC(C)(C)C(=O)NCC(=O)NCc1ccc(F)cc1. The monoisotopic (exact) mass is 266 g/mol. The lowest BCUT2D eigenvalue weighted by Gasteiger charge is -2.17. The molecule has 4 nitrogen and oxygen atoms in total. The highest BCUT2D eigenvalue weighted by molar-refractivity contribution is 5.87. The molecule has 0 aliphatic carbocycles. The van der Waals surface area contributed by atoms with Crippen LogP contribution in [-0.2, 0) is 16.1 Å². The van der Waals surface area contributed by atoms with Crippen molar-refractivity contribution in [3.05, 3.63) is 35.6 Å². The molecule has 2 amide bonds. The van der Waals surface area contributed by atoms with Gasteiger partial charge in [-0.2, -0.15) is 0 Å². The summed E-state index contributed by atoms with van der Waals surface area (Å²) in [6.07, 6.45) is 0. The van der Waals surface area contributed by atoms with Crippen molar-refractivity contribution in [2.45, 2.75) is 27.3 Å². The van der Waals surface area contributed by atoms with E-state index in [-0.39, 0.29) is 24.2 Å². The summed E-state index contributed by atoms with van der Waals surface area (Å²) in [5, 5.41) is 5.21. The van der Waals surface area contributed by atoms with Gasteiger partial charge in [-0.05, 0) is 17.7 Å². The summed E-state index contributed by atoms with van der Waals surface area (Å²) in [7, 11) is 0. The van der Waals surface area contributed by atoms with Crippen LogP contribution >= 0.6 is 0 Å². The Morgan fingerprint density at radius 2 is 1.68 bits per heavy atom. The number of halogens is 1. The van der Waals surface area contributed by atoms with Crippen molar-refractivity contribution < 1.29 is 14.0 Å². The van der Waals surface area contributed by atoms with Gasteiger partial charge in [-0.3, -0.25) is 9.59 Å². The number of hydrogen-bond acceptors (Lipinski definition) is 2. The van der Waals surface area contributed by atoms with Gasteiger partial charge in [0.2, 0.25) is 11.8 Å². The lowest BCUT2D eigenvalue weighted by atomic mass is 9.96. The van der Waals surface area contributed by atoms with Gasteiger partial charge in [0.1, 0.15) is 5.82 Å². The second-order valence-corrected chi connectivity index (χ2v) is 5.34. The number of benzene rings is 1. The molecule has 0 aromatic heterocycles. The predicted octanol–water partition coefficient (Wildman–Crippen LogP) is 1.60. The molecule has 2 N–H and O–H groups in total. The summed E-state index contributed by atoms with van der Waals surface area (Å²) in [6, 6.07) is 5.87. The first kappa shape index (κ1) is 15.1. The summed E-state index contributed by atoms with van der Waals surface area (Å²) in [6.45, 7) is 5.58. The maximum atomic E-state index is 12.7. The molecule has 0 radical (unpaired) electrons. The number of carbonyl (C=O) groups excluding carboxylic acids is 2. The van der Waals surface area contributed by atoms with Gasteiger partial charge in [0, 0.05) is 12.0 Å². The second kappa shape index (κ2) is 6.31. The van der Waals surface area contributed by atoms with E-state index in [2.05, 4.69) is 10.6 Å². The van der Waals surface area contributed by atoms with E-state index in [0.717, 1.165) is 5.56 Å². The molecular formula is C14H19FN2O2. The highest BCUT2D eigenvalue weighted by Gasteiger charge is 2.21. The molecule has 0 spiro atoms. The molecular weight excluding hydrogens is 247 g/mol. The average Bonchev–Trinajstić information content (AvgIpc) is 2.34. The molecule has 0 saturated heterocycles. The van der Waals surface area contributed by atoms with Crippen LogP contribution in [0.25, 0.3) is 0 Å². The summed E-state index contributed by atoms with van der Waals surface area (Å²) in [4.78, 5) is 23.1. The van der Waals surface area contributed by atoms with E-state index >= 15 is 0 Å². The zero-order chi connectivity index (χ0) is 14.5. The van der Waals surface area contributed by atoms with Gasteiger partial charge in [0.15, 0.2) is 0 Å². The number of amides is 2. The van der Waals surface area contributed by atoms with Crippen molar-refractivity contribution in [1.29, 1.82) is 0 Å². The van der Waals surface area contributed by atoms with Gasteiger partial charge in [0.05, 0.1) is 6.54 Å². The molecule has 0 unspecified atom stereocenters. The molecule has 0 bridgehead atoms. The van der Waals surface area contributed by atoms with Crippen LogP contribution in [0.1, 0.15) is 26.3 Å². The third kappa shape index (κ3) is 5.50. The van der Waals surface area contributed by atoms with E-state index in [0.29, 0.717) is 6.54 Å². The highest BCUT2D eigenvalue weighted by Crippen LogP contribution is 2.11. The molecule has 0 saturated carbocycles. The van der Waals surface area contributed by atoms with E-state index in [1.54, 1.807) is 32.9 Å². The van der Waals surface area contributed by atoms with Crippen LogP contribution in [0.4, 0.5) is 4.39 Å². The first-order valence-electron chi connectivity index (χ1n) is 6.08. The van der Waals surface area contributed by atoms with Gasteiger partial charge in [-0.1, -0.05) is 32.9 Å². The minimum absolute atomic E-state index is 0.0582. The summed E-state index contributed by atoms with van der Waals surface area (Å²) < 4.78 is 12.7. The van der Waals surface area contributed by atoms with Crippen molar-refractivity contribution in [2.75, 3.05) is 6.54 Å². The zero-order valence-corrected chi connectivity index (χ0v) is 11.4. The third-order valence-corrected chi connectivity index (χ3v) is 2.49. The Morgan fingerprint density at radius 3 is 2.21 bits per heavy atom. The quantitative estimate of drug-likeness (QED) is 0.869. The van der Waals surface area contributed by atoms with E-state index in [1.807, 2.05) is 0 Å². The largest absolute Gasteiger partial charge is 0.350 e. The molecule has 1 aromatic rings. The van der Waals surface area contributed by atoms with E-state index in [9.17, 15) is 14.0 Å². The predicted molar refractivity (Wildman–Crippen MR) is 70.7 cm³/mol. The van der Waals surface area contributed by atoms with E-state index in [4.69, 9.17) is 0 Å². The lowest BCUT2D eigenvalue weighted by molar-refractivity contribution is -0.131. The Kier molecular flexibility index (Phi) is 5.03. The molecule has 0 atom stereocenters. The van der Waals surface area contributed by atoms with Gasteiger partial charge < -0.3 is 10.6 Å². The smallest absolute Gasteiger partial charge is 0.239 e. The fraction of sp³-hybridized carbons (Fsp3) is 0.429. The van der Waals surface area contributed by atoms with Gasteiger partial charge in [0.25, 0.3) is 0 Å². The number of carbonyl (C=O) groups is 2. The first-order chi connectivity index (χ1) is 8.79. The minimum Gasteiger partial charge on any atom is -0.350 e. The Labute approximate surface area is 112 Å². The maximum Gasteiger partial charge on any atom is 0.239 e. The molecule has 1 rings (SSSR count). The van der Waals surface area contributed by atoms with Crippen molar-refractivity contribution in [1.82, 2.24) is 10.6 Å². The van der Waals surface area contributed by atoms with Gasteiger partial charge in [-0.25, -0.2) is 4.39 Å². The lowest BCUT2D eigenvalue weighted by Crippen LogP contribution is -2.41. The average molecular weight is 266 g/mol. The Hall–Kier alpha value is -1.91. The molecule has 104 valence electrons. The maximum absolute atomic E-state index is 12.7. The number of nitrogens with one attached hydrogen (secondary N) is 2. The van der Waals surface area contributed by atoms with E-state index in [1.165, 1.54) is 12.1 Å². The van der Waals surface area contributed by atoms with Crippen molar-refractivity contribution in [2.24, 2.45) is 5.41 Å². The molecule has 0 aliphatic heterocycles. The highest BCUT2D eigenvalue weighted by atomic mass is 19.1. The van der Waals surface area contributed by atoms with Crippen LogP contribution < -0.4 is 10.6 Å². The van der Waals surface area contributed by atoms with Crippen LogP contribution in [0.15, 0.2) is 24.3 Å². The Bertz CT molecular complexity index is 450. The van der Waals surface area contributed by atoms with Crippen LogP contribution in [0.5, 0.6) is 0 Å². The first-order valence-corrected chi connectivity index (χ1v) is 6.08. The van der Waals surface area contributed by atoms with Crippen LogP contribution in [0.2, 0.25) is 0 Å². The standard InChI is InChI=1S/C14H19FN2O2/c1-14(2,3)13(19)17-9-12(18)16-8-10-4-6-11(15)7-5-10/h4-7H,8-9H2,1-3H3,(H,16,18)(H,17,19). The summed E-state index contributed by atoms with van der Waals surface area (Å²) in [5.41, 5.74) is 0.286. The fourth-order valence-electron chi connectivity index (χ4n) is 1.29. The van der Waals surface area contributed by atoms with Gasteiger partial charge >= 0.3 is 0 Å². The normalized spacial score (nSPS) is 10.9. The van der Waals surface area contributed by atoms with Crippen molar-refractivity contribution in [3.63, 3.8) is 0 Å². The van der Waals surface area contributed by atoms with E-state index < -0.39 is 5.41 Å². The molecule has 0 aliphatic rings. The topological polar surface area (TPSA) is 58.2 Å². The molecule has 1 aromatic carbocycles. The van der Waals surface area contributed by atoms with Crippen molar-refractivity contribution in [3.8, 4) is 0 Å². The number of rotatable bonds is 4. The van der Waals surface area contributed by atoms with Crippen LogP contribution in [-0.4, -0.2) is 18.4 Å². The zero-order valence-electron chi connectivity index (χ0n) is 11.4. The van der Waals surface area contributed by atoms with Crippen LogP contribution in [0, 0.1) is 11.2 Å². The number of hydrogen-bond donors (Lipinski definition) is 2. The molecule has 5 heteroatoms. The minimum atomic E-state index is -0.517. The Morgan fingerprint density at radius 1 is 1.11 bits per heavy atom. The molecule has 0 heterocycles. The second-order valence-electron chi connectivity index (χ2n) is 5.34. The summed E-state index contributed by atoms with van der Waals surface area (Å²) in [5.74, 6) is -0.765. The van der Waals surface area contributed by atoms with Crippen LogP contribution in [0.3, 0.4) is 0 Å². The fourth-order valence-corrected chi connectivity index (χ4v) is 1.29. The Balaban J connectivity index is 2.32. The third-order valence-electron chi connectivity index (χ3n) is 2.49.